The molecule has 2 heterocycles. The van der Waals surface area contributed by atoms with Crippen LogP contribution in [0.1, 0.15) is 23.0 Å². The summed E-state index contributed by atoms with van der Waals surface area (Å²) in [6, 6.07) is 1.58. The Balaban J connectivity index is 2.39. The van der Waals surface area contributed by atoms with Gasteiger partial charge in [-0.3, -0.25) is 0 Å². The van der Waals surface area contributed by atoms with E-state index >= 15 is 0 Å². The number of rotatable bonds is 3. The summed E-state index contributed by atoms with van der Waals surface area (Å²) in [5.41, 5.74) is 7.19. The first-order chi connectivity index (χ1) is 7.74. The first-order valence-electron chi connectivity index (χ1n) is 4.96. The average molecular weight is 220 g/mol. The molecule has 0 spiro atoms. The molecule has 0 bridgehead atoms. The van der Waals surface area contributed by atoms with E-state index in [9.17, 15) is 4.79 Å². The second kappa shape index (κ2) is 4.28. The quantitative estimate of drug-likeness (QED) is 0.755. The van der Waals surface area contributed by atoms with Crippen molar-refractivity contribution in [2.24, 2.45) is 5.73 Å². The highest BCUT2D eigenvalue weighted by Gasteiger charge is 2.12. The highest BCUT2D eigenvalue weighted by atomic mass is 16.5. The maximum atomic E-state index is 11.4. The number of fused-ring (bicyclic) bond motifs is 1. The summed E-state index contributed by atoms with van der Waals surface area (Å²) in [7, 11) is 0. The number of hydrogen-bond donors (Lipinski definition) is 1. The zero-order valence-electron chi connectivity index (χ0n) is 8.88. The van der Waals surface area contributed by atoms with Crippen LogP contribution in [0.25, 0.3) is 5.65 Å². The summed E-state index contributed by atoms with van der Waals surface area (Å²) in [5.74, 6) is -0.442. The fourth-order valence-electron chi connectivity index (χ4n) is 1.33. The smallest absolute Gasteiger partial charge is 0.358 e. The van der Waals surface area contributed by atoms with Crippen molar-refractivity contribution in [1.82, 2.24) is 14.6 Å². The van der Waals surface area contributed by atoms with E-state index in [4.69, 9.17) is 10.5 Å². The zero-order chi connectivity index (χ0) is 11.5. The van der Waals surface area contributed by atoms with Crippen LogP contribution in [0.15, 0.2) is 18.5 Å². The lowest BCUT2D eigenvalue weighted by atomic mass is 10.3. The number of nitrogens with zero attached hydrogens (tertiary/aromatic N) is 3. The third kappa shape index (κ3) is 1.87. The van der Waals surface area contributed by atoms with Crippen molar-refractivity contribution in [1.29, 1.82) is 0 Å². The lowest BCUT2D eigenvalue weighted by molar-refractivity contribution is 0.0519. The van der Waals surface area contributed by atoms with Gasteiger partial charge >= 0.3 is 5.97 Å². The largest absolute Gasteiger partial charge is 0.461 e. The lowest BCUT2D eigenvalue weighted by Gasteiger charge is -1.96. The van der Waals surface area contributed by atoms with Crippen LogP contribution in [-0.2, 0) is 11.3 Å². The molecule has 0 unspecified atom stereocenters. The Hall–Kier alpha value is -1.95. The average Bonchev–Trinajstić information content (AvgIpc) is 2.71. The third-order valence-electron chi connectivity index (χ3n) is 2.09. The molecule has 0 aliphatic rings. The SMILES string of the molecule is CCOC(=O)c1cc2ncc(CN)cn2n1. The van der Waals surface area contributed by atoms with Gasteiger partial charge in [0, 0.05) is 30.6 Å². The van der Waals surface area contributed by atoms with Gasteiger partial charge in [-0.05, 0) is 6.92 Å². The molecule has 2 rings (SSSR count). The van der Waals surface area contributed by atoms with Gasteiger partial charge in [0.1, 0.15) is 0 Å². The number of carbonyl (C=O) groups excluding carboxylic acids is 1. The molecule has 2 N–H and O–H groups in total. The van der Waals surface area contributed by atoms with Gasteiger partial charge in [0.05, 0.1) is 6.61 Å². The van der Waals surface area contributed by atoms with E-state index in [1.807, 2.05) is 0 Å². The monoisotopic (exact) mass is 220 g/mol. The molecule has 0 aliphatic carbocycles. The Morgan fingerprint density at radius 3 is 3.12 bits per heavy atom. The summed E-state index contributed by atoms with van der Waals surface area (Å²) in [6.07, 6.45) is 3.40. The van der Waals surface area contributed by atoms with Crippen LogP contribution in [0.3, 0.4) is 0 Å². The molecule has 0 fully saturated rings. The van der Waals surface area contributed by atoms with Crippen molar-refractivity contribution in [3.05, 3.63) is 29.7 Å². The number of esters is 1. The molecule has 0 saturated carbocycles. The zero-order valence-corrected chi connectivity index (χ0v) is 8.88. The third-order valence-corrected chi connectivity index (χ3v) is 2.09. The number of aromatic nitrogens is 3. The van der Waals surface area contributed by atoms with Gasteiger partial charge in [0.2, 0.25) is 0 Å². The van der Waals surface area contributed by atoms with E-state index < -0.39 is 5.97 Å². The molecular formula is C10H12N4O2. The van der Waals surface area contributed by atoms with E-state index in [1.54, 1.807) is 25.4 Å². The van der Waals surface area contributed by atoms with Gasteiger partial charge < -0.3 is 10.5 Å². The highest BCUT2D eigenvalue weighted by Crippen LogP contribution is 2.06. The van der Waals surface area contributed by atoms with E-state index in [1.165, 1.54) is 4.52 Å². The minimum Gasteiger partial charge on any atom is -0.461 e. The van der Waals surface area contributed by atoms with Crippen LogP contribution < -0.4 is 5.73 Å². The Bertz CT molecular complexity index is 521. The summed E-state index contributed by atoms with van der Waals surface area (Å²) in [5, 5.41) is 4.06. The van der Waals surface area contributed by atoms with Gasteiger partial charge in [-0.15, -0.1) is 0 Å². The molecule has 0 atom stereocenters. The van der Waals surface area contributed by atoms with Crippen LogP contribution in [-0.4, -0.2) is 27.2 Å². The summed E-state index contributed by atoms with van der Waals surface area (Å²) < 4.78 is 6.37. The fraction of sp³-hybridized carbons (Fsp3) is 0.300. The van der Waals surface area contributed by atoms with Crippen LogP contribution in [0, 0.1) is 0 Å². The predicted octanol–water partition coefficient (Wildman–Crippen LogP) is 0.365. The maximum absolute atomic E-state index is 11.4. The van der Waals surface area contributed by atoms with E-state index in [0.717, 1.165) is 5.56 Å². The van der Waals surface area contributed by atoms with Gasteiger partial charge in [0.25, 0.3) is 0 Å². The summed E-state index contributed by atoms with van der Waals surface area (Å²) in [4.78, 5) is 15.5. The van der Waals surface area contributed by atoms with Crippen LogP contribution in [0.2, 0.25) is 0 Å². The number of hydrogen-bond acceptors (Lipinski definition) is 5. The summed E-state index contributed by atoms with van der Waals surface area (Å²) >= 11 is 0. The molecule has 0 aliphatic heterocycles. The molecular weight excluding hydrogens is 208 g/mol. The van der Waals surface area contributed by atoms with Crippen LogP contribution >= 0.6 is 0 Å². The van der Waals surface area contributed by atoms with Gasteiger partial charge in [0.15, 0.2) is 11.3 Å². The highest BCUT2D eigenvalue weighted by molar-refractivity contribution is 5.88. The van der Waals surface area contributed by atoms with E-state index in [0.29, 0.717) is 18.8 Å². The first kappa shape index (κ1) is 10.6. The molecule has 6 heteroatoms. The number of carbonyl (C=O) groups is 1. The van der Waals surface area contributed by atoms with Crippen LogP contribution in [0.4, 0.5) is 0 Å². The Labute approximate surface area is 92.0 Å². The van der Waals surface area contributed by atoms with Crippen molar-refractivity contribution in [3.8, 4) is 0 Å². The molecule has 0 amide bonds. The van der Waals surface area contributed by atoms with E-state index in [-0.39, 0.29) is 5.69 Å². The van der Waals surface area contributed by atoms with Crippen molar-refractivity contribution in [2.45, 2.75) is 13.5 Å². The van der Waals surface area contributed by atoms with Gasteiger partial charge in [-0.1, -0.05) is 0 Å². The number of nitrogens with two attached hydrogens (primary N) is 1. The predicted molar refractivity (Wildman–Crippen MR) is 56.8 cm³/mol. The molecule has 16 heavy (non-hydrogen) atoms. The molecule has 0 radical (unpaired) electrons. The van der Waals surface area contributed by atoms with Crippen LogP contribution in [0.5, 0.6) is 0 Å². The molecule has 2 aromatic heterocycles. The Morgan fingerprint density at radius 2 is 2.44 bits per heavy atom. The van der Waals surface area contributed by atoms with Crippen molar-refractivity contribution in [2.75, 3.05) is 6.61 Å². The second-order valence-corrected chi connectivity index (χ2v) is 3.22. The molecule has 0 saturated heterocycles. The lowest BCUT2D eigenvalue weighted by Crippen LogP contribution is -2.05. The first-order valence-corrected chi connectivity index (χ1v) is 4.96. The van der Waals surface area contributed by atoms with Crippen molar-refractivity contribution in [3.63, 3.8) is 0 Å². The second-order valence-electron chi connectivity index (χ2n) is 3.22. The minimum atomic E-state index is -0.442. The van der Waals surface area contributed by atoms with Gasteiger partial charge in [-0.2, -0.15) is 5.10 Å². The maximum Gasteiger partial charge on any atom is 0.358 e. The van der Waals surface area contributed by atoms with Gasteiger partial charge in [-0.25, -0.2) is 14.3 Å². The fourth-order valence-corrected chi connectivity index (χ4v) is 1.33. The summed E-state index contributed by atoms with van der Waals surface area (Å²) in [6.45, 7) is 2.46. The normalized spacial score (nSPS) is 10.6. The number of ether oxygens (including phenoxy) is 1. The van der Waals surface area contributed by atoms with E-state index in [2.05, 4.69) is 10.1 Å². The molecule has 6 nitrogen and oxygen atoms in total. The minimum absolute atomic E-state index is 0.253. The standard InChI is InChI=1S/C10H12N4O2/c1-2-16-10(15)8-3-9-12-5-7(4-11)6-14(9)13-8/h3,5-6H,2,4,11H2,1H3. The Kier molecular flexibility index (Phi) is 2.82. The topological polar surface area (TPSA) is 82.5 Å². The van der Waals surface area contributed by atoms with Crippen molar-refractivity contribution >= 4 is 11.6 Å². The van der Waals surface area contributed by atoms with Crippen molar-refractivity contribution < 1.29 is 9.53 Å². The molecule has 2 aromatic rings. The molecule has 84 valence electrons. The Morgan fingerprint density at radius 1 is 1.62 bits per heavy atom. The molecule has 0 aromatic carbocycles.